The Hall–Kier alpha value is -1.70. The van der Waals surface area contributed by atoms with E-state index in [4.69, 9.17) is 24.1 Å². The number of carboxylic acids is 1. The minimum atomic E-state index is -0.950. The number of esters is 1. The average molecular weight is 451 g/mol. The molecule has 2 heterocycles. The fraction of sp³-hybridized carbons (Fsp3) is 0.760. The van der Waals surface area contributed by atoms with Crippen molar-refractivity contribution in [2.45, 2.75) is 90.3 Å². The van der Waals surface area contributed by atoms with Gasteiger partial charge in [0.15, 0.2) is 0 Å². The number of rotatable bonds is 9. The first-order valence-corrected chi connectivity index (χ1v) is 11.5. The van der Waals surface area contributed by atoms with E-state index < -0.39 is 29.4 Å². The lowest BCUT2D eigenvalue weighted by Gasteiger charge is -2.43. The second-order valence-corrected chi connectivity index (χ2v) is 10.5. The van der Waals surface area contributed by atoms with Gasteiger partial charge >= 0.3 is 11.9 Å². The highest BCUT2D eigenvalue weighted by atomic mass is 16.6. The maximum atomic E-state index is 13.0. The Balaban J connectivity index is 1.74. The Morgan fingerprint density at radius 2 is 1.97 bits per heavy atom. The molecule has 3 fully saturated rings. The summed E-state index contributed by atoms with van der Waals surface area (Å²) in [7, 11) is 1.65. The fourth-order valence-corrected chi connectivity index (χ4v) is 4.89. The highest BCUT2D eigenvalue weighted by Crippen LogP contribution is 2.59. The van der Waals surface area contributed by atoms with Crippen molar-refractivity contribution in [3.05, 3.63) is 23.8 Å². The number of allylic oxidation sites excluding steroid dienone is 1. The van der Waals surface area contributed by atoms with Crippen LogP contribution in [0.25, 0.3) is 0 Å². The predicted octanol–water partition coefficient (Wildman–Crippen LogP) is 3.91. The van der Waals surface area contributed by atoms with Gasteiger partial charge in [-0.25, -0.2) is 0 Å². The number of hydrogen-bond donors (Lipinski definition) is 1. The summed E-state index contributed by atoms with van der Waals surface area (Å²) < 4.78 is 24.0. The molecule has 3 aliphatic rings. The van der Waals surface area contributed by atoms with Crippen LogP contribution in [0.4, 0.5) is 0 Å². The molecule has 0 aromatic rings. The van der Waals surface area contributed by atoms with E-state index in [1.165, 1.54) is 11.6 Å². The molecule has 7 atom stereocenters. The van der Waals surface area contributed by atoms with Crippen LogP contribution in [-0.2, 0) is 28.5 Å². The van der Waals surface area contributed by atoms with E-state index in [2.05, 4.69) is 26.8 Å². The van der Waals surface area contributed by atoms with Gasteiger partial charge in [0.2, 0.25) is 0 Å². The zero-order valence-electron chi connectivity index (χ0n) is 20.3. The zero-order valence-corrected chi connectivity index (χ0v) is 20.3. The molecule has 0 aromatic carbocycles. The summed E-state index contributed by atoms with van der Waals surface area (Å²) in [6.45, 7) is 12.0. The summed E-state index contributed by atoms with van der Waals surface area (Å²) in [6, 6.07) is 0. The number of carbonyl (C=O) groups excluding carboxylic acids is 1. The van der Waals surface area contributed by atoms with E-state index >= 15 is 0 Å². The first-order chi connectivity index (χ1) is 14.9. The highest BCUT2D eigenvalue weighted by molar-refractivity contribution is 5.79. The van der Waals surface area contributed by atoms with Gasteiger partial charge in [0, 0.05) is 7.11 Å². The van der Waals surface area contributed by atoms with Crippen molar-refractivity contribution in [2.24, 2.45) is 17.3 Å². The minimum Gasteiger partial charge on any atom is -0.481 e. The Morgan fingerprint density at radius 3 is 2.50 bits per heavy atom. The van der Waals surface area contributed by atoms with Crippen LogP contribution in [0.15, 0.2) is 23.8 Å². The van der Waals surface area contributed by atoms with Gasteiger partial charge in [-0.3, -0.25) is 9.59 Å². The number of methoxy groups -OCH3 is 1. The van der Waals surface area contributed by atoms with Crippen molar-refractivity contribution >= 4 is 11.9 Å². The molecule has 180 valence electrons. The maximum Gasteiger partial charge on any atom is 0.315 e. The molecule has 0 amide bonds. The second kappa shape index (κ2) is 8.92. The summed E-state index contributed by atoms with van der Waals surface area (Å²) in [5, 5.41) is 9.09. The number of aliphatic carboxylic acids is 1. The van der Waals surface area contributed by atoms with Crippen molar-refractivity contribution in [3.63, 3.8) is 0 Å². The number of carboxylic acid groups (broad SMARTS) is 1. The molecule has 1 aliphatic carbocycles. The molecule has 0 radical (unpaired) electrons. The number of hydrogen-bond acceptors (Lipinski definition) is 6. The molecular formula is C25H38O7. The van der Waals surface area contributed by atoms with Crippen LogP contribution in [-0.4, -0.2) is 60.3 Å². The molecule has 3 rings (SSSR count). The molecule has 7 heteroatoms. The molecule has 1 saturated carbocycles. The standard InChI is InChI=1S/C25H38O7/c1-15(2)8-9-18-24(6,32-18)20-19(29-7)17(11-13-25(20)14-30-25)31-22(28)23(4,5)12-10-16(3)21(26)27/h8,10,12,16-20H,9,11,13-14H2,1-7H3,(H,26,27)/b12-10+/t16?,17?,18-,19-,20-,24?,25+/m1/s1. The lowest BCUT2D eigenvalue weighted by molar-refractivity contribution is -0.178. The van der Waals surface area contributed by atoms with E-state index in [1.807, 2.05) is 0 Å². The van der Waals surface area contributed by atoms with Crippen LogP contribution in [0, 0.1) is 17.3 Å². The number of carbonyl (C=O) groups is 2. The van der Waals surface area contributed by atoms with Gasteiger partial charge in [0.05, 0.1) is 30.0 Å². The highest BCUT2D eigenvalue weighted by Gasteiger charge is 2.72. The summed E-state index contributed by atoms with van der Waals surface area (Å²) in [4.78, 5) is 24.1. The van der Waals surface area contributed by atoms with E-state index in [0.717, 1.165) is 12.8 Å². The topological polar surface area (TPSA) is 97.9 Å². The molecular weight excluding hydrogens is 412 g/mol. The largest absolute Gasteiger partial charge is 0.481 e. The molecule has 1 N–H and O–H groups in total. The normalized spacial score (nSPS) is 37.2. The van der Waals surface area contributed by atoms with Crippen molar-refractivity contribution in [1.82, 2.24) is 0 Å². The third-order valence-electron chi connectivity index (χ3n) is 7.21. The summed E-state index contributed by atoms with van der Waals surface area (Å²) >= 11 is 0. The van der Waals surface area contributed by atoms with Crippen LogP contribution >= 0.6 is 0 Å². The van der Waals surface area contributed by atoms with Gasteiger partial charge in [-0.05, 0) is 60.8 Å². The predicted molar refractivity (Wildman–Crippen MR) is 119 cm³/mol. The molecule has 0 bridgehead atoms. The van der Waals surface area contributed by atoms with E-state index in [1.54, 1.807) is 34.0 Å². The fourth-order valence-electron chi connectivity index (χ4n) is 4.89. The monoisotopic (exact) mass is 450 g/mol. The van der Waals surface area contributed by atoms with E-state index in [9.17, 15) is 9.59 Å². The number of ether oxygens (including phenoxy) is 4. The smallest absolute Gasteiger partial charge is 0.315 e. The van der Waals surface area contributed by atoms with Crippen molar-refractivity contribution in [2.75, 3.05) is 13.7 Å². The molecule has 1 spiro atoms. The van der Waals surface area contributed by atoms with Gasteiger partial charge in [0.25, 0.3) is 0 Å². The summed E-state index contributed by atoms with van der Waals surface area (Å²) in [5.74, 6) is -2.04. The van der Waals surface area contributed by atoms with Crippen molar-refractivity contribution in [3.8, 4) is 0 Å². The lowest BCUT2D eigenvalue weighted by atomic mass is 9.68. The first-order valence-electron chi connectivity index (χ1n) is 11.5. The van der Waals surface area contributed by atoms with Crippen LogP contribution in [0.3, 0.4) is 0 Å². The van der Waals surface area contributed by atoms with Gasteiger partial charge in [-0.1, -0.05) is 23.8 Å². The molecule has 0 aromatic heterocycles. The first kappa shape index (κ1) is 24.9. The van der Waals surface area contributed by atoms with Crippen molar-refractivity contribution in [1.29, 1.82) is 0 Å². The third-order valence-corrected chi connectivity index (χ3v) is 7.21. The van der Waals surface area contributed by atoms with Gasteiger partial charge in [-0.2, -0.15) is 0 Å². The van der Waals surface area contributed by atoms with Crippen LogP contribution in [0.5, 0.6) is 0 Å². The second-order valence-electron chi connectivity index (χ2n) is 10.5. The van der Waals surface area contributed by atoms with Crippen LogP contribution in [0.1, 0.15) is 60.8 Å². The quantitative estimate of drug-likeness (QED) is 0.323. The van der Waals surface area contributed by atoms with E-state index in [0.29, 0.717) is 13.0 Å². The Morgan fingerprint density at radius 1 is 1.31 bits per heavy atom. The Bertz CT molecular complexity index is 790. The average Bonchev–Trinajstić information content (AvgIpc) is 3.63. The van der Waals surface area contributed by atoms with Gasteiger partial charge in [-0.15, -0.1) is 0 Å². The SMILES string of the molecule is CO[C@@H]1C(OC(=O)C(C)(C)/C=C/C(C)C(=O)O)CC[C@]2(CO2)[C@H]1C1(C)O[C@@H]1CC=C(C)C. The van der Waals surface area contributed by atoms with Crippen molar-refractivity contribution < 1.29 is 33.6 Å². The Labute approximate surface area is 191 Å². The van der Waals surface area contributed by atoms with Gasteiger partial charge in [0.1, 0.15) is 23.4 Å². The molecule has 3 unspecified atom stereocenters. The molecule has 2 aliphatic heterocycles. The lowest BCUT2D eigenvalue weighted by Crippen LogP contribution is -2.56. The van der Waals surface area contributed by atoms with Gasteiger partial charge < -0.3 is 24.1 Å². The zero-order chi connectivity index (χ0) is 23.9. The van der Waals surface area contributed by atoms with E-state index in [-0.39, 0.29) is 29.3 Å². The molecule has 2 saturated heterocycles. The number of epoxide rings is 2. The van der Waals surface area contributed by atoms with Crippen LogP contribution in [0.2, 0.25) is 0 Å². The Kier molecular flexibility index (Phi) is 6.95. The minimum absolute atomic E-state index is 0.0344. The molecule has 7 nitrogen and oxygen atoms in total. The maximum absolute atomic E-state index is 13.0. The summed E-state index contributed by atoms with van der Waals surface area (Å²) in [6.07, 6.45) is 6.95. The van der Waals surface area contributed by atoms with Crippen LogP contribution < -0.4 is 0 Å². The summed E-state index contributed by atoms with van der Waals surface area (Å²) in [5.41, 5.74) is -0.355. The molecule has 32 heavy (non-hydrogen) atoms. The third kappa shape index (κ3) is 4.95.